The molecule has 1 atom stereocenters. The molecule has 4 nitrogen and oxygen atoms in total. The van der Waals surface area contributed by atoms with Crippen molar-refractivity contribution in [3.8, 4) is 5.69 Å². The van der Waals surface area contributed by atoms with Gasteiger partial charge >= 0.3 is 0 Å². The minimum Gasteiger partial charge on any atom is -0.354 e. The van der Waals surface area contributed by atoms with Crippen molar-refractivity contribution in [2.24, 2.45) is 5.92 Å². The first kappa shape index (κ1) is 19.2. The SMILES string of the molecule is CC(C)CCC(C)NC(=O)CCc1nc2ccccc2n1-c1ccccc1. The van der Waals surface area contributed by atoms with E-state index < -0.39 is 0 Å². The van der Waals surface area contributed by atoms with Gasteiger partial charge in [-0.25, -0.2) is 4.98 Å². The van der Waals surface area contributed by atoms with E-state index in [-0.39, 0.29) is 11.9 Å². The van der Waals surface area contributed by atoms with Crippen LogP contribution in [0.4, 0.5) is 0 Å². The number of hydrogen-bond donors (Lipinski definition) is 1. The molecule has 0 aliphatic carbocycles. The van der Waals surface area contributed by atoms with Crippen molar-refractivity contribution in [3.05, 3.63) is 60.4 Å². The summed E-state index contributed by atoms with van der Waals surface area (Å²) in [5.41, 5.74) is 3.11. The van der Waals surface area contributed by atoms with Crippen LogP contribution in [0, 0.1) is 5.92 Å². The second-order valence-corrected chi connectivity index (χ2v) is 7.63. The van der Waals surface area contributed by atoms with Crippen LogP contribution in [0.1, 0.15) is 45.9 Å². The Morgan fingerprint density at radius 1 is 1.00 bits per heavy atom. The predicted molar refractivity (Wildman–Crippen MR) is 111 cm³/mol. The number of amides is 1. The first-order valence-electron chi connectivity index (χ1n) is 9.85. The van der Waals surface area contributed by atoms with Gasteiger partial charge in [-0.05, 0) is 49.9 Å². The number of rotatable bonds is 8. The van der Waals surface area contributed by atoms with E-state index in [4.69, 9.17) is 4.98 Å². The summed E-state index contributed by atoms with van der Waals surface area (Å²) in [6.45, 7) is 6.50. The molecular weight excluding hydrogens is 334 g/mol. The smallest absolute Gasteiger partial charge is 0.220 e. The van der Waals surface area contributed by atoms with E-state index in [1.165, 1.54) is 0 Å². The van der Waals surface area contributed by atoms with Gasteiger partial charge in [0.15, 0.2) is 0 Å². The summed E-state index contributed by atoms with van der Waals surface area (Å²) in [7, 11) is 0. The third-order valence-electron chi connectivity index (χ3n) is 4.80. The Labute approximate surface area is 161 Å². The van der Waals surface area contributed by atoms with E-state index in [1.807, 2.05) is 36.4 Å². The highest BCUT2D eigenvalue weighted by Crippen LogP contribution is 2.22. The van der Waals surface area contributed by atoms with Crippen LogP contribution < -0.4 is 5.32 Å². The molecule has 0 fully saturated rings. The van der Waals surface area contributed by atoms with E-state index in [0.717, 1.165) is 35.4 Å². The van der Waals surface area contributed by atoms with E-state index in [0.29, 0.717) is 18.8 Å². The molecule has 0 aliphatic heterocycles. The fourth-order valence-electron chi connectivity index (χ4n) is 3.34. The average molecular weight is 364 g/mol. The summed E-state index contributed by atoms with van der Waals surface area (Å²) in [4.78, 5) is 17.2. The van der Waals surface area contributed by atoms with E-state index in [1.54, 1.807) is 0 Å². The molecule has 0 radical (unpaired) electrons. The Hall–Kier alpha value is -2.62. The summed E-state index contributed by atoms with van der Waals surface area (Å²) in [6.07, 6.45) is 3.21. The van der Waals surface area contributed by atoms with Gasteiger partial charge in [0, 0.05) is 24.6 Å². The standard InChI is InChI=1S/C23H29N3O/c1-17(2)13-14-18(3)24-23(27)16-15-22-25-20-11-7-8-12-21(20)26(22)19-9-5-4-6-10-19/h4-12,17-18H,13-16H2,1-3H3,(H,24,27). The predicted octanol–water partition coefficient (Wildman–Crippen LogP) is 4.90. The Bertz CT molecular complexity index is 883. The third kappa shape index (κ3) is 4.97. The van der Waals surface area contributed by atoms with Gasteiger partial charge in [-0.15, -0.1) is 0 Å². The maximum Gasteiger partial charge on any atom is 0.220 e. The largest absolute Gasteiger partial charge is 0.354 e. The lowest BCUT2D eigenvalue weighted by molar-refractivity contribution is -0.121. The first-order chi connectivity index (χ1) is 13.0. The van der Waals surface area contributed by atoms with Gasteiger partial charge in [0.25, 0.3) is 0 Å². The molecule has 1 aromatic heterocycles. The molecule has 1 amide bonds. The monoisotopic (exact) mass is 363 g/mol. The molecule has 3 rings (SSSR count). The molecule has 1 N–H and O–H groups in total. The summed E-state index contributed by atoms with van der Waals surface area (Å²) in [6, 6.07) is 18.5. The quantitative estimate of drug-likeness (QED) is 0.619. The number of carbonyl (C=O) groups excluding carboxylic acids is 1. The van der Waals surface area contributed by atoms with E-state index >= 15 is 0 Å². The highest BCUT2D eigenvalue weighted by Gasteiger charge is 2.14. The second-order valence-electron chi connectivity index (χ2n) is 7.63. The molecule has 142 valence electrons. The zero-order chi connectivity index (χ0) is 19.2. The Morgan fingerprint density at radius 3 is 2.44 bits per heavy atom. The van der Waals surface area contributed by atoms with Crippen molar-refractivity contribution < 1.29 is 4.79 Å². The molecule has 0 bridgehead atoms. The highest BCUT2D eigenvalue weighted by molar-refractivity contribution is 5.79. The molecule has 2 aromatic carbocycles. The van der Waals surface area contributed by atoms with Gasteiger partial charge in [-0.2, -0.15) is 0 Å². The van der Waals surface area contributed by atoms with Crippen molar-refractivity contribution in [2.75, 3.05) is 0 Å². The van der Waals surface area contributed by atoms with Crippen LogP contribution in [0.2, 0.25) is 0 Å². The Morgan fingerprint density at radius 2 is 1.70 bits per heavy atom. The van der Waals surface area contributed by atoms with Gasteiger partial charge in [0.2, 0.25) is 5.91 Å². The van der Waals surface area contributed by atoms with Crippen molar-refractivity contribution >= 4 is 16.9 Å². The molecule has 27 heavy (non-hydrogen) atoms. The highest BCUT2D eigenvalue weighted by atomic mass is 16.1. The van der Waals surface area contributed by atoms with E-state index in [2.05, 4.69) is 48.9 Å². The average Bonchev–Trinajstić information content (AvgIpc) is 3.04. The number of benzene rings is 2. The van der Waals surface area contributed by atoms with Crippen LogP contribution >= 0.6 is 0 Å². The minimum absolute atomic E-state index is 0.0953. The lowest BCUT2D eigenvalue weighted by Crippen LogP contribution is -2.33. The van der Waals surface area contributed by atoms with Gasteiger partial charge in [-0.1, -0.05) is 44.2 Å². The number of nitrogens with one attached hydrogen (secondary N) is 1. The lowest BCUT2D eigenvalue weighted by atomic mass is 10.0. The number of fused-ring (bicyclic) bond motifs is 1. The van der Waals surface area contributed by atoms with Crippen molar-refractivity contribution in [1.82, 2.24) is 14.9 Å². The lowest BCUT2D eigenvalue weighted by Gasteiger charge is -2.15. The molecular formula is C23H29N3O. The van der Waals surface area contributed by atoms with Crippen LogP contribution in [0.15, 0.2) is 54.6 Å². The Kier molecular flexibility index (Phi) is 6.28. The number of hydrogen-bond acceptors (Lipinski definition) is 2. The van der Waals surface area contributed by atoms with Crippen LogP contribution in [0.25, 0.3) is 16.7 Å². The summed E-state index contributed by atoms with van der Waals surface area (Å²) < 4.78 is 2.16. The van der Waals surface area contributed by atoms with E-state index in [9.17, 15) is 4.79 Å². The number of nitrogens with zero attached hydrogens (tertiary/aromatic N) is 2. The molecule has 1 heterocycles. The summed E-state index contributed by atoms with van der Waals surface area (Å²) in [5.74, 6) is 1.68. The van der Waals surface area contributed by atoms with Crippen LogP contribution in [0.3, 0.4) is 0 Å². The molecule has 4 heteroatoms. The maximum absolute atomic E-state index is 12.4. The zero-order valence-electron chi connectivity index (χ0n) is 16.5. The molecule has 1 unspecified atom stereocenters. The van der Waals surface area contributed by atoms with Crippen molar-refractivity contribution in [3.63, 3.8) is 0 Å². The van der Waals surface area contributed by atoms with Gasteiger partial charge in [0.1, 0.15) is 5.82 Å². The number of aromatic nitrogens is 2. The zero-order valence-corrected chi connectivity index (χ0v) is 16.5. The number of aryl methyl sites for hydroxylation is 1. The summed E-state index contributed by atoms with van der Waals surface area (Å²) >= 11 is 0. The number of para-hydroxylation sites is 3. The Balaban J connectivity index is 1.73. The van der Waals surface area contributed by atoms with Gasteiger partial charge in [0.05, 0.1) is 11.0 Å². The van der Waals surface area contributed by atoms with Crippen LogP contribution in [-0.4, -0.2) is 21.5 Å². The van der Waals surface area contributed by atoms with Gasteiger partial charge in [-0.3, -0.25) is 9.36 Å². The summed E-state index contributed by atoms with van der Waals surface area (Å²) in [5, 5.41) is 3.12. The molecule has 3 aromatic rings. The fourth-order valence-corrected chi connectivity index (χ4v) is 3.34. The minimum atomic E-state index is 0.0953. The first-order valence-corrected chi connectivity index (χ1v) is 9.85. The molecule has 0 saturated heterocycles. The molecule has 0 aliphatic rings. The maximum atomic E-state index is 12.4. The van der Waals surface area contributed by atoms with Crippen molar-refractivity contribution in [1.29, 1.82) is 0 Å². The van der Waals surface area contributed by atoms with Crippen molar-refractivity contribution in [2.45, 2.75) is 52.5 Å². The second kappa shape index (κ2) is 8.85. The number of carbonyl (C=O) groups is 1. The van der Waals surface area contributed by atoms with Gasteiger partial charge < -0.3 is 5.32 Å². The van der Waals surface area contributed by atoms with Crippen LogP contribution in [-0.2, 0) is 11.2 Å². The molecule has 0 spiro atoms. The molecule has 0 saturated carbocycles. The van der Waals surface area contributed by atoms with Crippen LogP contribution in [0.5, 0.6) is 0 Å². The fraction of sp³-hybridized carbons (Fsp3) is 0.391. The number of imidazole rings is 1. The normalized spacial score (nSPS) is 12.4. The third-order valence-corrected chi connectivity index (χ3v) is 4.80. The topological polar surface area (TPSA) is 46.9 Å².